The van der Waals surface area contributed by atoms with Gasteiger partial charge < -0.3 is 0 Å². The summed E-state index contributed by atoms with van der Waals surface area (Å²) in [5.41, 5.74) is 0. The van der Waals surface area contributed by atoms with Crippen LogP contribution in [0.25, 0.3) is 0 Å². The summed E-state index contributed by atoms with van der Waals surface area (Å²) in [6, 6.07) is 3.22. The van der Waals surface area contributed by atoms with Gasteiger partial charge in [-0.05, 0) is 40.9 Å². The largest absolute Gasteiger partial charge is 0.250 e. The molecule has 0 aliphatic heterocycles. The Balaban J connectivity index is 2.78. The molecule has 7 heteroatoms. The Morgan fingerprint density at radius 3 is 2.69 bits per heavy atom. The molecule has 1 atom stereocenters. The average Bonchev–Trinajstić information content (AvgIpc) is 2.64. The van der Waals surface area contributed by atoms with Crippen molar-refractivity contribution in [2.75, 3.05) is 5.88 Å². The second-order valence-electron chi connectivity index (χ2n) is 3.26. The summed E-state index contributed by atoms with van der Waals surface area (Å²) in [4.78, 5) is 0. The highest BCUT2D eigenvalue weighted by Crippen LogP contribution is 2.26. The molecule has 0 radical (unpaired) electrons. The zero-order valence-electron chi connectivity index (χ0n) is 8.74. The van der Waals surface area contributed by atoms with E-state index in [1.165, 1.54) is 11.3 Å². The van der Waals surface area contributed by atoms with Crippen LogP contribution in [0, 0.1) is 0 Å². The molecule has 0 aromatic carbocycles. The molecule has 1 rings (SSSR count). The van der Waals surface area contributed by atoms with Crippen molar-refractivity contribution >= 4 is 48.9 Å². The Bertz CT molecular complexity index is 432. The predicted octanol–water partition coefficient (Wildman–Crippen LogP) is 3.20. The molecular formula is C9H13BrClNO2S2. The lowest BCUT2D eigenvalue weighted by atomic mass is 10.2. The molecule has 0 aliphatic carbocycles. The van der Waals surface area contributed by atoms with Gasteiger partial charge in [0.1, 0.15) is 4.21 Å². The van der Waals surface area contributed by atoms with Crippen LogP contribution in [0.5, 0.6) is 0 Å². The number of hydrogen-bond acceptors (Lipinski definition) is 3. The van der Waals surface area contributed by atoms with Crippen molar-refractivity contribution in [2.24, 2.45) is 0 Å². The normalized spacial score (nSPS) is 13.9. The third-order valence-electron chi connectivity index (χ3n) is 2.09. The molecule has 0 aliphatic rings. The van der Waals surface area contributed by atoms with Crippen molar-refractivity contribution < 1.29 is 8.42 Å². The van der Waals surface area contributed by atoms with Gasteiger partial charge >= 0.3 is 0 Å². The standard InChI is InChI=1S/C9H13BrClNO2S2/c1-2-7(5-6-11)12-16(13,14)9-4-3-8(10)15-9/h3-4,7,12H,2,5-6H2,1H3. The molecule has 1 heterocycles. The lowest BCUT2D eigenvalue weighted by Crippen LogP contribution is -2.34. The highest BCUT2D eigenvalue weighted by atomic mass is 79.9. The summed E-state index contributed by atoms with van der Waals surface area (Å²) in [5.74, 6) is 0.454. The first kappa shape index (κ1) is 14.4. The third kappa shape index (κ3) is 4.00. The van der Waals surface area contributed by atoms with Crippen molar-refractivity contribution in [3.05, 3.63) is 15.9 Å². The molecule has 0 amide bonds. The minimum atomic E-state index is -3.39. The summed E-state index contributed by atoms with van der Waals surface area (Å²) >= 11 is 10.1. The SMILES string of the molecule is CCC(CCCl)NS(=O)(=O)c1ccc(Br)s1. The topological polar surface area (TPSA) is 46.2 Å². The van der Waals surface area contributed by atoms with E-state index in [1.807, 2.05) is 6.92 Å². The summed E-state index contributed by atoms with van der Waals surface area (Å²) in [6.07, 6.45) is 1.38. The summed E-state index contributed by atoms with van der Waals surface area (Å²) in [6.45, 7) is 1.93. The van der Waals surface area contributed by atoms with Crippen molar-refractivity contribution in [1.82, 2.24) is 4.72 Å². The van der Waals surface area contributed by atoms with Crippen LogP contribution in [0.4, 0.5) is 0 Å². The number of nitrogens with one attached hydrogen (secondary N) is 1. The lowest BCUT2D eigenvalue weighted by molar-refractivity contribution is 0.533. The van der Waals surface area contributed by atoms with Gasteiger partial charge in [0.15, 0.2) is 0 Å². The molecule has 0 bridgehead atoms. The van der Waals surface area contributed by atoms with Crippen molar-refractivity contribution in [1.29, 1.82) is 0 Å². The Labute approximate surface area is 113 Å². The first-order chi connectivity index (χ1) is 7.49. The average molecular weight is 347 g/mol. The van der Waals surface area contributed by atoms with Gasteiger partial charge in [-0.3, -0.25) is 0 Å². The van der Waals surface area contributed by atoms with Crippen LogP contribution >= 0.6 is 38.9 Å². The van der Waals surface area contributed by atoms with E-state index in [4.69, 9.17) is 11.6 Å². The minimum absolute atomic E-state index is 0.0941. The smallest absolute Gasteiger partial charge is 0.207 e. The van der Waals surface area contributed by atoms with Gasteiger partial charge in [0.05, 0.1) is 3.79 Å². The van der Waals surface area contributed by atoms with E-state index in [2.05, 4.69) is 20.7 Å². The van der Waals surface area contributed by atoms with Gasteiger partial charge in [0.25, 0.3) is 0 Å². The number of thiophene rings is 1. The molecule has 92 valence electrons. The van der Waals surface area contributed by atoms with E-state index in [0.29, 0.717) is 16.5 Å². The van der Waals surface area contributed by atoms with Gasteiger partial charge in [-0.2, -0.15) is 0 Å². The molecule has 0 saturated heterocycles. The first-order valence-corrected chi connectivity index (χ1v) is 8.46. The predicted molar refractivity (Wildman–Crippen MR) is 71.8 cm³/mol. The number of sulfonamides is 1. The van der Waals surface area contributed by atoms with Crippen LogP contribution in [0.1, 0.15) is 19.8 Å². The Morgan fingerprint density at radius 2 is 2.25 bits per heavy atom. The van der Waals surface area contributed by atoms with Gasteiger partial charge in [0, 0.05) is 11.9 Å². The summed E-state index contributed by atoms with van der Waals surface area (Å²) in [5, 5.41) is 0. The molecule has 0 spiro atoms. The molecule has 0 saturated carbocycles. The molecule has 1 unspecified atom stereocenters. The number of hydrogen-bond donors (Lipinski definition) is 1. The zero-order chi connectivity index (χ0) is 12.2. The molecule has 1 aromatic heterocycles. The Kier molecular flexibility index (Phi) is 5.73. The van der Waals surface area contributed by atoms with E-state index in [-0.39, 0.29) is 6.04 Å². The number of halogens is 2. The second kappa shape index (κ2) is 6.35. The van der Waals surface area contributed by atoms with E-state index < -0.39 is 10.0 Å². The zero-order valence-corrected chi connectivity index (χ0v) is 12.7. The fourth-order valence-corrected chi connectivity index (χ4v) is 4.84. The highest BCUT2D eigenvalue weighted by Gasteiger charge is 2.20. The fourth-order valence-electron chi connectivity index (χ4n) is 1.20. The van der Waals surface area contributed by atoms with Crippen LogP contribution < -0.4 is 4.72 Å². The highest BCUT2D eigenvalue weighted by molar-refractivity contribution is 9.11. The monoisotopic (exact) mass is 345 g/mol. The van der Waals surface area contributed by atoms with Gasteiger partial charge in [-0.25, -0.2) is 13.1 Å². The maximum atomic E-state index is 11.9. The van der Waals surface area contributed by atoms with E-state index >= 15 is 0 Å². The first-order valence-electron chi connectivity index (χ1n) is 4.83. The molecule has 3 nitrogen and oxygen atoms in total. The fraction of sp³-hybridized carbons (Fsp3) is 0.556. The van der Waals surface area contributed by atoms with Crippen molar-refractivity contribution in [2.45, 2.75) is 30.0 Å². The van der Waals surface area contributed by atoms with Gasteiger partial charge in [0.2, 0.25) is 10.0 Å². The number of rotatable bonds is 6. The van der Waals surface area contributed by atoms with Crippen molar-refractivity contribution in [3.8, 4) is 0 Å². The molecule has 1 aromatic rings. The quantitative estimate of drug-likeness (QED) is 0.804. The summed E-state index contributed by atoms with van der Waals surface area (Å²) < 4.78 is 27.6. The maximum absolute atomic E-state index is 11.9. The lowest BCUT2D eigenvalue weighted by Gasteiger charge is -2.14. The third-order valence-corrected chi connectivity index (χ3v) is 5.94. The van der Waals surface area contributed by atoms with Gasteiger partial charge in [-0.15, -0.1) is 22.9 Å². The van der Waals surface area contributed by atoms with Crippen LogP contribution in [0.3, 0.4) is 0 Å². The molecule has 16 heavy (non-hydrogen) atoms. The van der Waals surface area contributed by atoms with Crippen LogP contribution in [-0.2, 0) is 10.0 Å². The van der Waals surface area contributed by atoms with Crippen LogP contribution in [0.15, 0.2) is 20.1 Å². The number of alkyl halides is 1. The minimum Gasteiger partial charge on any atom is -0.207 e. The van der Waals surface area contributed by atoms with E-state index in [0.717, 1.165) is 10.2 Å². The van der Waals surface area contributed by atoms with Gasteiger partial charge in [-0.1, -0.05) is 6.92 Å². The summed E-state index contributed by atoms with van der Waals surface area (Å²) in [7, 11) is -3.39. The van der Waals surface area contributed by atoms with E-state index in [1.54, 1.807) is 12.1 Å². The van der Waals surface area contributed by atoms with E-state index in [9.17, 15) is 8.42 Å². The van der Waals surface area contributed by atoms with Crippen molar-refractivity contribution in [3.63, 3.8) is 0 Å². The maximum Gasteiger partial charge on any atom is 0.250 e. The second-order valence-corrected chi connectivity index (χ2v) is 8.04. The molecule has 0 fully saturated rings. The van der Waals surface area contributed by atoms with Crippen LogP contribution in [-0.4, -0.2) is 20.3 Å². The Morgan fingerprint density at radius 1 is 1.56 bits per heavy atom. The Hall–Kier alpha value is 0.380. The molecule has 1 N–H and O–H groups in total. The molecular weight excluding hydrogens is 334 g/mol. The van der Waals surface area contributed by atoms with Crippen LogP contribution in [0.2, 0.25) is 0 Å².